The van der Waals surface area contributed by atoms with Crippen molar-refractivity contribution >= 4 is 17.3 Å². The molecule has 0 aliphatic rings. The summed E-state index contributed by atoms with van der Waals surface area (Å²) in [6, 6.07) is 4.74. The monoisotopic (exact) mass is 166 g/mol. The highest BCUT2D eigenvalue weighted by Gasteiger charge is 2.02. The smallest absolute Gasteiger partial charge is 0.308 e. The van der Waals surface area contributed by atoms with Crippen molar-refractivity contribution in [2.75, 3.05) is 11.5 Å². The van der Waals surface area contributed by atoms with Crippen LogP contribution in [0, 0.1) is 0 Å². The second kappa shape index (κ2) is 3.13. The third kappa shape index (κ3) is 1.88. The van der Waals surface area contributed by atoms with Gasteiger partial charge in [0.1, 0.15) is 0 Å². The van der Waals surface area contributed by atoms with E-state index in [0.29, 0.717) is 17.1 Å². The van der Waals surface area contributed by atoms with Gasteiger partial charge in [-0.3, -0.25) is 4.79 Å². The van der Waals surface area contributed by atoms with Crippen LogP contribution >= 0.6 is 0 Å². The van der Waals surface area contributed by atoms with Gasteiger partial charge in [-0.2, -0.15) is 0 Å². The maximum atomic E-state index is 10.6. The van der Waals surface area contributed by atoms with Gasteiger partial charge in [-0.05, 0) is 12.1 Å². The second-order valence-corrected chi connectivity index (χ2v) is 2.39. The van der Waals surface area contributed by atoms with Gasteiger partial charge in [-0.1, -0.05) is 0 Å². The van der Waals surface area contributed by atoms with E-state index in [2.05, 4.69) is 0 Å². The average Bonchev–Trinajstić information content (AvgIpc) is 1.96. The highest BCUT2D eigenvalue weighted by molar-refractivity contribution is 5.73. The van der Waals surface area contributed by atoms with Gasteiger partial charge in [0.2, 0.25) is 0 Å². The van der Waals surface area contributed by atoms with E-state index in [1.807, 2.05) is 0 Å². The number of ether oxygens (including phenoxy) is 1. The molecule has 0 amide bonds. The summed E-state index contributed by atoms with van der Waals surface area (Å²) in [5.41, 5.74) is 11.9. The third-order valence-electron chi connectivity index (χ3n) is 1.29. The first-order valence-corrected chi connectivity index (χ1v) is 3.43. The molecule has 0 unspecified atom stereocenters. The molecule has 0 aromatic heterocycles. The molecule has 0 aliphatic carbocycles. The van der Waals surface area contributed by atoms with Crippen molar-refractivity contribution in [2.24, 2.45) is 0 Å². The molecule has 0 atom stereocenters. The molecule has 0 saturated heterocycles. The highest BCUT2D eigenvalue weighted by Crippen LogP contribution is 2.23. The number of nitrogens with two attached hydrogens (primary N) is 2. The Morgan fingerprint density at radius 3 is 2.67 bits per heavy atom. The molecule has 4 N–H and O–H groups in total. The molecule has 64 valence electrons. The van der Waals surface area contributed by atoms with Crippen LogP contribution in [0.1, 0.15) is 6.92 Å². The molecule has 4 heteroatoms. The van der Waals surface area contributed by atoms with Crippen LogP contribution < -0.4 is 16.2 Å². The molecule has 0 saturated carbocycles. The van der Waals surface area contributed by atoms with Crippen LogP contribution in [0.4, 0.5) is 11.4 Å². The number of carbonyl (C=O) groups is 1. The summed E-state index contributed by atoms with van der Waals surface area (Å²) < 4.78 is 4.78. The number of hydrogen-bond donors (Lipinski definition) is 2. The summed E-state index contributed by atoms with van der Waals surface area (Å²) in [5.74, 6) is -0.102. The lowest BCUT2D eigenvalue weighted by Gasteiger charge is -2.04. The van der Waals surface area contributed by atoms with E-state index in [-0.39, 0.29) is 0 Å². The number of hydrogen-bond acceptors (Lipinski definition) is 4. The van der Waals surface area contributed by atoms with Gasteiger partial charge in [0, 0.05) is 18.7 Å². The predicted molar refractivity (Wildman–Crippen MR) is 46.6 cm³/mol. The van der Waals surface area contributed by atoms with Crippen LogP contribution in [-0.4, -0.2) is 5.97 Å². The Hall–Kier alpha value is -1.71. The van der Waals surface area contributed by atoms with E-state index in [0.717, 1.165) is 0 Å². The largest absolute Gasteiger partial charge is 0.424 e. The number of rotatable bonds is 1. The number of benzene rings is 1. The van der Waals surface area contributed by atoms with Crippen LogP contribution in [0.2, 0.25) is 0 Å². The molecule has 0 aliphatic heterocycles. The van der Waals surface area contributed by atoms with E-state index in [4.69, 9.17) is 16.2 Å². The molecular weight excluding hydrogens is 156 g/mol. The molecule has 0 fully saturated rings. The van der Waals surface area contributed by atoms with Gasteiger partial charge in [0.15, 0.2) is 5.75 Å². The van der Waals surface area contributed by atoms with E-state index >= 15 is 0 Å². The van der Waals surface area contributed by atoms with Crippen LogP contribution in [0.15, 0.2) is 18.2 Å². The van der Waals surface area contributed by atoms with Crippen molar-refractivity contribution in [1.29, 1.82) is 0 Å². The lowest BCUT2D eigenvalue weighted by molar-refractivity contribution is -0.131. The highest BCUT2D eigenvalue weighted by atomic mass is 16.5. The number of carbonyl (C=O) groups excluding carboxylic acids is 1. The lowest BCUT2D eigenvalue weighted by atomic mass is 10.2. The third-order valence-corrected chi connectivity index (χ3v) is 1.29. The summed E-state index contributed by atoms with van der Waals surface area (Å²) in [6.45, 7) is 1.31. The zero-order valence-corrected chi connectivity index (χ0v) is 6.70. The predicted octanol–water partition coefficient (Wildman–Crippen LogP) is 0.776. The fourth-order valence-corrected chi connectivity index (χ4v) is 0.794. The normalized spacial score (nSPS) is 9.42. The summed E-state index contributed by atoms with van der Waals surface area (Å²) >= 11 is 0. The number of nitrogen functional groups attached to an aromatic ring is 2. The zero-order chi connectivity index (χ0) is 9.14. The quantitative estimate of drug-likeness (QED) is 0.367. The second-order valence-electron chi connectivity index (χ2n) is 2.39. The minimum absolute atomic E-state index is 0.308. The Balaban J connectivity index is 2.97. The first-order valence-electron chi connectivity index (χ1n) is 3.43. The molecule has 1 aromatic rings. The van der Waals surface area contributed by atoms with Gasteiger partial charge in [0.05, 0.1) is 5.69 Å². The van der Waals surface area contributed by atoms with Crippen LogP contribution in [0.5, 0.6) is 5.75 Å². The Bertz CT molecular complexity index is 310. The minimum Gasteiger partial charge on any atom is -0.424 e. The SMILES string of the molecule is CC(=O)Oc1cc(N)ccc1N. The molecule has 0 radical (unpaired) electrons. The van der Waals surface area contributed by atoms with Crippen molar-refractivity contribution in [2.45, 2.75) is 6.92 Å². The molecule has 1 rings (SSSR count). The van der Waals surface area contributed by atoms with E-state index in [1.165, 1.54) is 13.0 Å². The molecule has 12 heavy (non-hydrogen) atoms. The Morgan fingerprint density at radius 2 is 2.08 bits per heavy atom. The maximum absolute atomic E-state index is 10.6. The minimum atomic E-state index is -0.410. The summed E-state index contributed by atoms with van der Waals surface area (Å²) in [6.07, 6.45) is 0. The molecule has 4 nitrogen and oxygen atoms in total. The molecule has 0 bridgehead atoms. The van der Waals surface area contributed by atoms with Crippen LogP contribution in [0.25, 0.3) is 0 Å². The van der Waals surface area contributed by atoms with Gasteiger partial charge < -0.3 is 16.2 Å². The topological polar surface area (TPSA) is 78.3 Å². The molecular formula is C8H10N2O2. The van der Waals surface area contributed by atoms with Gasteiger partial charge in [-0.15, -0.1) is 0 Å². The first kappa shape index (κ1) is 8.39. The molecule has 0 spiro atoms. The fourth-order valence-electron chi connectivity index (χ4n) is 0.794. The summed E-state index contributed by atoms with van der Waals surface area (Å²) in [7, 11) is 0. The number of anilines is 2. The van der Waals surface area contributed by atoms with Crippen LogP contribution in [0.3, 0.4) is 0 Å². The van der Waals surface area contributed by atoms with Gasteiger partial charge in [-0.25, -0.2) is 0 Å². The Labute approximate surface area is 70.1 Å². The van der Waals surface area contributed by atoms with Crippen molar-refractivity contribution in [1.82, 2.24) is 0 Å². The van der Waals surface area contributed by atoms with Gasteiger partial charge >= 0.3 is 5.97 Å². The van der Waals surface area contributed by atoms with Crippen molar-refractivity contribution in [3.8, 4) is 5.75 Å². The van der Waals surface area contributed by atoms with Crippen molar-refractivity contribution < 1.29 is 9.53 Å². The van der Waals surface area contributed by atoms with Crippen molar-refractivity contribution in [3.05, 3.63) is 18.2 Å². The number of esters is 1. The van der Waals surface area contributed by atoms with E-state index in [9.17, 15) is 4.79 Å². The Morgan fingerprint density at radius 1 is 1.42 bits per heavy atom. The summed E-state index contributed by atoms with van der Waals surface area (Å²) in [5, 5.41) is 0. The van der Waals surface area contributed by atoms with Gasteiger partial charge in [0.25, 0.3) is 0 Å². The molecule has 0 heterocycles. The zero-order valence-electron chi connectivity index (χ0n) is 6.70. The van der Waals surface area contributed by atoms with E-state index < -0.39 is 5.97 Å². The maximum Gasteiger partial charge on any atom is 0.308 e. The molecule has 1 aromatic carbocycles. The Kier molecular flexibility index (Phi) is 2.19. The average molecular weight is 166 g/mol. The lowest BCUT2D eigenvalue weighted by Crippen LogP contribution is -2.04. The van der Waals surface area contributed by atoms with Crippen molar-refractivity contribution in [3.63, 3.8) is 0 Å². The standard InChI is InChI=1S/C8H10N2O2/c1-5(11)12-8-4-6(9)2-3-7(8)10/h2-4H,9-10H2,1H3. The first-order chi connectivity index (χ1) is 5.59. The fraction of sp³-hybridized carbons (Fsp3) is 0.125. The van der Waals surface area contributed by atoms with E-state index in [1.54, 1.807) is 12.1 Å². The van der Waals surface area contributed by atoms with Crippen LogP contribution in [-0.2, 0) is 4.79 Å². The summed E-state index contributed by atoms with van der Waals surface area (Å²) in [4.78, 5) is 10.6.